The molecule has 4 nitrogen and oxygen atoms in total. The van der Waals surface area contributed by atoms with E-state index in [1.807, 2.05) is 20.8 Å². The molecule has 2 aliphatic rings. The number of hydrogen-bond donors (Lipinski definition) is 1. The van der Waals surface area contributed by atoms with Crippen LogP contribution in [0.25, 0.3) is 0 Å². The second-order valence-electron chi connectivity index (χ2n) is 6.40. The highest BCUT2D eigenvalue weighted by molar-refractivity contribution is 6.05. The maximum Gasteiger partial charge on any atom is 0.233 e. The van der Waals surface area contributed by atoms with Crippen molar-refractivity contribution in [2.45, 2.75) is 46.1 Å². The minimum Gasteiger partial charge on any atom is -0.326 e. The van der Waals surface area contributed by atoms with Gasteiger partial charge in [0, 0.05) is 12.6 Å². The van der Waals surface area contributed by atoms with Crippen LogP contribution in [0, 0.1) is 17.3 Å². The summed E-state index contributed by atoms with van der Waals surface area (Å²) < 4.78 is 0. The van der Waals surface area contributed by atoms with Crippen LogP contribution >= 0.6 is 0 Å². The fourth-order valence-corrected chi connectivity index (χ4v) is 2.71. The fourth-order valence-electron chi connectivity index (χ4n) is 2.71. The van der Waals surface area contributed by atoms with Gasteiger partial charge in [-0.1, -0.05) is 27.2 Å². The zero-order valence-corrected chi connectivity index (χ0v) is 10.9. The average molecular weight is 238 g/mol. The minimum atomic E-state index is -0.158. The van der Waals surface area contributed by atoms with E-state index in [4.69, 9.17) is 5.73 Å². The van der Waals surface area contributed by atoms with Crippen molar-refractivity contribution in [3.8, 4) is 0 Å². The molecular formula is C13H22N2O2. The molecule has 1 saturated heterocycles. The highest BCUT2D eigenvalue weighted by Gasteiger charge is 2.50. The van der Waals surface area contributed by atoms with E-state index in [9.17, 15) is 9.59 Å². The van der Waals surface area contributed by atoms with Gasteiger partial charge in [-0.2, -0.15) is 0 Å². The molecule has 2 rings (SSSR count). The van der Waals surface area contributed by atoms with E-state index >= 15 is 0 Å². The zero-order chi connectivity index (χ0) is 12.8. The molecule has 96 valence electrons. The van der Waals surface area contributed by atoms with E-state index in [1.165, 1.54) is 4.90 Å². The Morgan fingerprint density at radius 3 is 2.12 bits per heavy atom. The van der Waals surface area contributed by atoms with Gasteiger partial charge < -0.3 is 5.73 Å². The average Bonchev–Trinajstić information content (AvgIpc) is 2.77. The summed E-state index contributed by atoms with van der Waals surface area (Å²) in [6.07, 6.45) is 2.75. The Labute approximate surface area is 103 Å². The van der Waals surface area contributed by atoms with Crippen molar-refractivity contribution in [3.05, 3.63) is 0 Å². The SMILES string of the molecule is CC(C)(C)C(N)CN1C(=O)C2CCCC2C1=O. The van der Waals surface area contributed by atoms with Gasteiger partial charge in [0.25, 0.3) is 0 Å². The Hall–Kier alpha value is -0.900. The van der Waals surface area contributed by atoms with Crippen molar-refractivity contribution in [1.82, 2.24) is 4.90 Å². The first-order chi connectivity index (χ1) is 7.82. The van der Waals surface area contributed by atoms with Crippen molar-refractivity contribution >= 4 is 11.8 Å². The lowest BCUT2D eigenvalue weighted by molar-refractivity contribution is -0.140. The van der Waals surface area contributed by atoms with Crippen LogP contribution in [-0.4, -0.2) is 29.3 Å². The maximum absolute atomic E-state index is 12.1. The summed E-state index contributed by atoms with van der Waals surface area (Å²) >= 11 is 0. The number of nitrogens with two attached hydrogens (primary N) is 1. The van der Waals surface area contributed by atoms with Gasteiger partial charge >= 0.3 is 0 Å². The monoisotopic (exact) mass is 238 g/mol. The predicted molar refractivity (Wildman–Crippen MR) is 65.0 cm³/mol. The highest BCUT2D eigenvalue weighted by Crippen LogP contribution is 2.40. The second-order valence-corrected chi connectivity index (χ2v) is 6.40. The first-order valence-corrected chi connectivity index (χ1v) is 6.43. The number of likely N-dealkylation sites (tertiary alicyclic amines) is 1. The van der Waals surface area contributed by atoms with Gasteiger partial charge in [0.2, 0.25) is 11.8 Å². The van der Waals surface area contributed by atoms with E-state index in [0.29, 0.717) is 6.54 Å². The van der Waals surface area contributed by atoms with Gasteiger partial charge in [-0.3, -0.25) is 14.5 Å². The Morgan fingerprint density at radius 2 is 1.71 bits per heavy atom. The van der Waals surface area contributed by atoms with Gasteiger partial charge in [0.15, 0.2) is 0 Å². The summed E-state index contributed by atoms with van der Waals surface area (Å²) in [5, 5.41) is 0. The normalized spacial score (nSPS) is 30.9. The number of rotatable bonds is 2. The smallest absolute Gasteiger partial charge is 0.233 e. The van der Waals surface area contributed by atoms with Crippen LogP contribution in [0.15, 0.2) is 0 Å². The van der Waals surface area contributed by atoms with E-state index < -0.39 is 0 Å². The highest BCUT2D eigenvalue weighted by atomic mass is 16.2. The summed E-state index contributed by atoms with van der Waals surface area (Å²) in [7, 11) is 0. The Kier molecular flexibility index (Phi) is 3.02. The molecule has 2 amide bonds. The molecule has 3 atom stereocenters. The molecule has 0 aromatic carbocycles. The Bertz CT molecular complexity index is 324. The number of fused-ring (bicyclic) bond motifs is 1. The van der Waals surface area contributed by atoms with E-state index in [-0.39, 0.29) is 35.1 Å². The summed E-state index contributed by atoms with van der Waals surface area (Å²) in [6.45, 7) is 6.46. The van der Waals surface area contributed by atoms with Crippen LogP contribution < -0.4 is 5.73 Å². The molecule has 1 aliphatic heterocycles. The molecule has 0 spiro atoms. The molecule has 2 N–H and O–H groups in total. The molecule has 0 aromatic rings. The number of amides is 2. The molecule has 1 aliphatic carbocycles. The molecule has 3 unspecified atom stereocenters. The van der Waals surface area contributed by atoms with Crippen LogP contribution in [0.3, 0.4) is 0 Å². The molecule has 2 fully saturated rings. The molecule has 1 heterocycles. The molecular weight excluding hydrogens is 216 g/mol. The molecule has 0 radical (unpaired) electrons. The quantitative estimate of drug-likeness (QED) is 0.734. The molecule has 4 heteroatoms. The third-order valence-corrected chi connectivity index (χ3v) is 4.17. The largest absolute Gasteiger partial charge is 0.326 e. The van der Waals surface area contributed by atoms with Crippen molar-refractivity contribution < 1.29 is 9.59 Å². The van der Waals surface area contributed by atoms with Crippen molar-refractivity contribution in [3.63, 3.8) is 0 Å². The Balaban J connectivity index is 2.08. The maximum atomic E-state index is 12.1. The molecule has 0 aromatic heterocycles. The lowest BCUT2D eigenvalue weighted by atomic mass is 9.87. The van der Waals surface area contributed by atoms with Gasteiger partial charge in [0.1, 0.15) is 0 Å². The minimum absolute atomic E-state index is 0.0113. The number of hydrogen-bond acceptors (Lipinski definition) is 3. The predicted octanol–water partition coefficient (Wildman–Crippen LogP) is 1.14. The molecule has 1 saturated carbocycles. The lowest BCUT2D eigenvalue weighted by Crippen LogP contribution is -2.47. The van der Waals surface area contributed by atoms with Crippen molar-refractivity contribution in [2.24, 2.45) is 23.0 Å². The standard InChI is InChI=1S/C13H22N2O2/c1-13(2,3)10(14)7-15-11(16)8-5-4-6-9(8)12(15)17/h8-10H,4-7,14H2,1-3H3. The topological polar surface area (TPSA) is 63.4 Å². The zero-order valence-electron chi connectivity index (χ0n) is 10.9. The van der Waals surface area contributed by atoms with Crippen molar-refractivity contribution in [1.29, 1.82) is 0 Å². The molecule has 17 heavy (non-hydrogen) atoms. The first kappa shape index (κ1) is 12.6. The number of nitrogens with zero attached hydrogens (tertiary/aromatic N) is 1. The van der Waals surface area contributed by atoms with Crippen LogP contribution in [0.4, 0.5) is 0 Å². The number of carbonyl (C=O) groups excluding carboxylic acids is 2. The van der Waals surface area contributed by atoms with Crippen LogP contribution in [0.2, 0.25) is 0 Å². The van der Waals surface area contributed by atoms with Gasteiger partial charge in [-0.05, 0) is 18.3 Å². The van der Waals surface area contributed by atoms with E-state index in [2.05, 4.69) is 0 Å². The van der Waals surface area contributed by atoms with Gasteiger partial charge in [-0.15, -0.1) is 0 Å². The fraction of sp³-hybridized carbons (Fsp3) is 0.846. The third-order valence-electron chi connectivity index (χ3n) is 4.17. The molecule has 0 bridgehead atoms. The van der Waals surface area contributed by atoms with Crippen molar-refractivity contribution in [2.75, 3.05) is 6.54 Å². The summed E-state index contributed by atoms with van der Waals surface area (Å²) in [6, 6.07) is -0.158. The van der Waals surface area contributed by atoms with Crippen LogP contribution in [0.5, 0.6) is 0 Å². The van der Waals surface area contributed by atoms with Crippen LogP contribution in [0.1, 0.15) is 40.0 Å². The third kappa shape index (κ3) is 2.10. The van der Waals surface area contributed by atoms with Gasteiger partial charge in [0.05, 0.1) is 11.8 Å². The van der Waals surface area contributed by atoms with E-state index in [1.54, 1.807) is 0 Å². The summed E-state index contributed by atoms with van der Waals surface area (Å²) in [4.78, 5) is 25.6. The Morgan fingerprint density at radius 1 is 1.24 bits per heavy atom. The number of imide groups is 1. The van der Waals surface area contributed by atoms with E-state index in [0.717, 1.165) is 19.3 Å². The second kappa shape index (κ2) is 4.09. The first-order valence-electron chi connectivity index (χ1n) is 6.43. The van der Waals surface area contributed by atoms with Crippen LogP contribution in [-0.2, 0) is 9.59 Å². The number of carbonyl (C=O) groups is 2. The summed E-state index contributed by atoms with van der Waals surface area (Å²) in [5.74, 6) is -0.0706. The summed E-state index contributed by atoms with van der Waals surface area (Å²) in [5.41, 5.74) is 5.97. The van der Waals surface area contributed by atoms with Gasteiger partial charge in [-0.25, -0.2) is 0 Å². The lowest BCUT2D eigenvalue weighted by Gasteiger charge is -2.30.